The van der Waals surface area contributed by atoms with E-state index in [4.69, 9.17) is 0 Å². The second-order valence-corrected chi connectivity index (χ2v) is 6.53. The summed E-state index contributed by atoms with van der Waals surface area (Å²) in [5.74, 6) is 1.22. The summed E-state index contributed by atoms with van der Waals surface area (Å²) in [6, 6.07) is 3.69. The van der Waals surface area contributed by atoms with Crippen LogP contribution >= 0.6 is 0 Å². The van der Waals surface area contributed by atoms with Gasteiger partial charge in [-0.2, -0.15) is 0 Å². The Morgan fingerprint density at radius 2 is 2.17 bits per heavy atom. The standard InChI is InChI=1S/C19H29N3O2/c1-4-9-22(19-20-8-6-10-21(19)3)11-5-7-16-12-15(2)13-17(14-23)18(16)24/h12-14,24H,4-11H2,1-3H3. The summed E-state index contributed by atoms with van der Waals surface area (Å²) in [7, 11) is 2.10. The third kappa shape index (κ3) is 4.49. The predicted octanol–water partition coefficient (Wildman–Crippen LogP) is 2.85. The van der Waals surface area contributed by atoms with E-state index in [9.17, 15) is 9.90 Å². The summed E-state index contributed by atoms with van der Waals surface area (Å²) in [5, 5.41) is 10.2. The number of phenols is 1. The molecule has 0 aliphatic carbocycles. The number of aldehydes is 1. The number of hydrogen-bond donors (Lipinski definition) is 1. The molecule has 0 spiro atoms. The van der Waals surface area contributed by atoms with Crippen molar-refractivity contribution < 1.29 is 9.90 Å². The Bertz CT molecular complexity index is 599. The quantitative estimate of drug-likeness (QED) is 0.781. The summed E-state index contributed by atoms with van der Waals surface area (Å²) in [6.45, 7) is 7.98. The van der Waals surface area contributed by atoms with E-state index in [1.807, 2.05) is 13.0 Å². The number of aryl methyl sites for hydroxylation is 2. The molecule has 132 valence electrons. The van der Waals surface area contributed by atoms with Crippen molar-refractivity contribution in [3.05, 3.63) is 28.8 Å². The van der Waals surface area contributed by atoms with Crippen LogP contribution in [0.5, 0.6) is 5.75 Å². The van der Waals surface area contributed by atoms with E-state index in [-0.39, 0.29) is 5.75 Å². The number of carbonyl (C=O) groups excluding carboxylic acids is 1. The molecule has 0 unspecified atom stereocenters. The lowest BCUT2D eigenvalue weighted by atomic mass is 10.0. The van der Waals surface area contributed by atoms with Crippen LogP contribution < -0.4 is 0 Å². The van der Waals surface area contributed by atoms with E-state index in [0.29, 0.717) is 5.56 Å². The molecule has 0 fully saturated rings. The van der Waals surface area contributed by atoms with Gasteiger partial charge in [0.2, 0.25) is 0 Å². The predicted molar refractivity (Wildman–Crippen MR) is 98.0 cm³/mol. The molecule has 5 nitrogen and oxygen atoms in total. The Morgan fingerprint density at radius 1 is 1.38 bits per heavy atom. The molecule has 0 radical (unpaired) electrons. The highest BCUT2D eigenvalue weighted by Gasteiger charge is 2.18. The molecule has 5 heteroatoms. The lowest BCUT2D eigenvalue weighted by Crippen LogP contribution is -2.46. The van der Waals surface area contributed by atoms with Crippen molar-refractivity contribution in [1.82, 2.24) is 9.80 Å². The Morgan fingerprint density at radius 3 is 2.83 bits per heavy atom. The summed E-state index contributed by atoms with van der Waals surface area (Å²) in [5.41, 5.74) is 2.24. The first-order valence-electron chi connectivity index (χ1n) is 8.85. The Balaban J connectivity index is 2.02. The van der Waals surface area contributed by atoms with Crippen molar-refractivity contribution in [3.8, 4) is 5.75 Å². The number of carbonyl (C=O) groups is 1. The number of aliphatic imine (C=N–C) groups is 1. The van der Waals surface area contributed by atoms with Crippen LogP contribution in [0.15, 0.2) is 17.1 Å². The Hall–Kier alpha value is -2.04. The zero-order valence-electron chi connectivity index (χ0n) is 15.1. The minimum atomic E-state index is 0.129. The van der Waals surface area contributed by atoms with E-state index in [1.165, 1.54) is 0 Å². The molecule has 1 N–H and O–H groups in total. The topological polar surface area (TPSA) is 56.1 Å². The van der Waals surface area contributed by atoms with E-state index in [1.54, 1.807) is 6.07 Å². The van der Waals surface area contributed by atoms with Crippen LogP contribution in [-0.2, 0) is 6.42 Å². The molecule has 1 aliphatic heterocycles. The molecule has 0 saturated carbocycles. The molecule has 1 heterocycles. The highest BCUT2D eigenvalue weighted by molar-refractivity contribution is 5.81. The van der Waals surface area contributed by atoms with Gasteiger partial charge in [0.25, 0.3) is 0 Å². The van der Waals surface area contributed by atoms with Gasteiger partial charge in [-0.3, -0.25) is 9.79 Å². The van der Waals surface area contributed by atoms with Crippen LogP contribution in [-0.4, -0.2) is 60.4 Å². The van der Waals surface area contributed by atoms with Crippen LogP contribution in [0.4, 0.5) is 0 Å². The third-order valence-electron chi connectivity index (χ3n) is 4.39. The maximum atomic E-state index is 11.1. The highest BCUT2D eigenvalue weighted by Crippen LogP contribution is 2.24. The lowest BCUT2D eigenvalue weighted by molar-refractivity contribution is 0.112. The second-order valence-electron chi connectivity index (χ2n) is 6.53. The molecule has 0 aromatic heterocycles. The molecule has 1 aliphatic rings. The van der Waals surface area contributed by atoms with Crippen molar-refractivity contribution in [2.75, 3.05) is 33.2 Å². The Kier molecular flexibility index (Phi) is 6.64. The molecule has 24 heavy (non-hydrogen) atoms. The zero-order chi connectivity index (χ0) is 17.5. The van der Waals surface area contributed by atoms with Crippen LogP contribution in [0, 0.1) is 6.92 Å². The molecular weight excluding hydrogens is 302 g/mol. The number of aromatic hydroxyl groups is 1. The largest absolute Gasteiger partial charge is 0.507 e. The lowest BCUT2D eigenvalue weighted by Gasteiger charge is -2.34. The molecule has 0 bridgehead atoms. The summed E-state index contributed by atoms with van der Waals surface area (Å²) >= 11 is 0. The summed E-state index contributed by atoms with van der Waals surface area (Å²) in [4.78, 5) is 20.3. The average molecular weight is 331 g/mol. The average Bonchev–Trinajstić information content (AvgIpc) is 2.57. The van der Waals surface area contributed by atoms with Crippen LogP contribution in [0.1, 0.15) is 47.7 Å². The molecule has 0 amide bonds. The molecular formula is C19H29N3O2. The van der Waals surface area contributed by atoms with Crippen molar-refractivity contribution >= 4 is 12.2 Å². The minimum absolute atomic E-state index is 0.129. The normalized spacial score (nSPS) is 14.5. The van der Waals surface area contributed by atoms with Gasteiger partial charge in [-0.25, -0.2) is 0 Å². The number of rotatable bonds is 7. The van der Waals surface area contributed by atoms with E-state index < -0.39 is 0 Å². The number of hydrogen-bond acceptors (Lipinski definition) is 5. The van der Waals surface area contributed by atoms with Crippen molar-refractivity contribution in [1.29, 1.82) is 0 Å². The number of nitrogens with zero attached hydrogens (tertiary/aromatic N) is 3. The molecule has 1 aromatic rings. The van der Waals surface area contributed by atoms with E-state index in [0.717, 1.165) is 75.2 Å². The van der Waals surface area contributed by atoms with Crippen molar-refractivity contribution in [3.63, 3.8) is 0 Å². The fourth-order valence-electron chi connectivity index (χ4n) is 3.26. The molecule has 1 aromatic carbocycles. The maximum absolute atomic E-state index is 11.1. The fraction of sp³-hybridized carbons (Fsp3) is 0.579. The van der Waals surface area contributed by atoms with Crippen LogP contribution in [0.25, 0.3) is 0 Å². The highest BCUT2D eigenvalue weighted by atomic mass is 16.3. The number of phenolic OH excluding ortho intramolecular Hbond substituents is 1. The van der Waals surface area contributed by atoms with Gasteiger partial charge in [-0.05, 0) is 49.8 Å². The number of benzene rings is 1. The van der Waals surface area contributed by atoms with Gasteiger partial charge in [0.15, 0.2) is 12.2 Å². The first kappa shape index (κ1) is 18.3. The maximum Gasteiger partial charge on any atom is 0.196 e. The third-order valence-corrected chi connectivity index (χ3v) is 4.39. The summed E-state index contributed by atoms with van der Waals surface area (Å²) in [6.07, 6.45) is 4.60. The SMILES string of the molecule is CCCN(CCCc1cc(C)cc(C=O)c1O)C1=NCCCN1C. The zero-order valence-corrected chi connectivity index (χ0v) is 15.1. The minimum Gasteiger partial charge on any atom is -0.507 e. The van der Waals surface area contributed by atoms with Crippen LogP contribution in [0.2, 0.25) is 0 Å². The van der Waals surface area contributed by atoms with Crippen molar-refractivity contribution in [2.45, 2.75) is 39.5 Å². The fourth-order valence-corrected chi connectivity index (χ4v) is 3.26. The molecule has 0 atom stereocenters. The number of guanidine groups is 1. The second kappa shape index (κ2) is 8.71. The van der Waals surface area contributed by atoms with Gasteiger partial charge in [-0.1, -0.05) is 13.0 Å². The van der Waals surface area contributed by atoms with Gasteiger partial charge < -0.3 is 14.9 Å². The van der Waals surface area contributed by atoms with Gasteiger partial charge in [0.1, 0.15) is 5.75 Å². The monoisotopic (exact) mass is 331 g/mol. The van der Waals surface area contributed by atoms with E-state index >= 15 is 0 Å². The Labute approximate surface area is 145 Å². The van der Waals surface area contributed by atoms with Crippen LogP contribution in [0.3, 0.4) is 0 Å². The summed E-state index contributed by atoms with van der Waals surface area (Å²) < 4.78 is 0. The van der Waals surface area contributed by atoms with Gasteiger partial charge in [0, 0.05) is 33.2 Å². The molecule has 2 rings (SSSR count). The smallest absolute Gasteiger partial charge is 0.196 e. The van der Waals surface area contributed by atoms with Gasteiger partial charge >= 0.3 is 0 Å². The van der Waals surface area contributed by atoms with Crippen molar-refractivity contribution in [2.24, 2.45) is 4.99 Å². The first-order chi connectivity index (χ1) is 11.6. The molecule has 0 saturated heterocycles. The van der Waals surface area contributed by atoms with Gasteiger partial charge in [-0.15, -0.1) is 0 Å². The van der Waals surface area contributed by atoms with Gasteiger partial charge in [0.05, 0.1) is 5.56 Å². The first-order valence-corrected chi connectivity index (χ1v) is 8.85. The van der Waals surface area contributed by atoms with E-state index in [2.05, 4.69) is 28.8 Å².